The zero-order chi connectivity index (χ0) is 15.6. The molecule has 2 aromatic carbocycles. The number of hydrogen-bond acceptors (Lipinski definition) is 4. The number of halogens is 2. The molecule has 0 aliphatic rings. The van der Waals surface area contributed by atoms with Crippen molar-refractivity contribution in [2.24, 2.45) is 0 Å². The number of nitrogens with two attached hydrogens (primary N) is 1. The molecular formula is C15H10BrFNO3-. The van der Waals surface area contributed by atoms with Crippen molar-refractivity contribution in [3.8, 4) is 0 Å². The van der Waals surface area contributed by atoms with E-state index in [4.69, 9.17) is 5.73 Å². The first-order valence-electron chi connectivity index (χ1n) is 5.96. The molecule has 0 aliphatic heterocycles. The van der Waals surface area contributed by atoms with Gasteiger partial charge in [0.05, 0.1) is 0 Å². The Balaban J connectivity index is 2.47. The van der Waals surface area contributed by atoms with E-state index in [0.717, 1.165) is 16.6 Å². The maximum absolute atomic E-state index is 13.6. The molecule has 0 unspecified atom stereocenters. The molecule has 0 bridgehead atoms. The monoisotopic (exact) mass is 350 g/mol. The molecule has 2 aromatic rings. The lowest BCUT2D eigenvalue weighted by molar-refractivity contribution is -0.304. The molecule has 4 nitrogen and oxygen atoms in total. The Bertz CT molecular complexity index is 714. The van der Waals surface area contributed by atoms with Crippen LogP contribution in [0.1, 0.15) is 21.5 Å². The van der Waals surface area contributed by atoms with Crippen LogP contribution in [0.3, 0.4) is 0 Å². The van der Waals surface area contributed by atoms with E-state index in [1.165, 1.54) is 0 Å². The molecule has 0 fully saturated rings. The van der Waals surface area contributed by atoms with Crippen molar-refractivity contribution in [2.45, 2.75) is 6.42 Å². The van der Waals surface area contributed by atoms with Crippen LogP contribution in [0.15, 0.2) is 40.9 Å². The predicted molar refractivity (Wildman–Crippen MR) is 77.1 cm³/mol. The number of carbonyl (C=O) groups is 2. The first-order valence-corrected chi connectivity index (χ1v) is 6.76. The molecule has 21 heavy (non-hydrogen) atoms. The molecule has 0 heterocycles. The molecule has 108 valence electrons. The Kier molecular flexibility index (Phi) is 4.37. The van der Waals surface area contributed by atoms with Gasteiger partial charge < -0.3 is 15.6 Å². The van der Waals surface area contributed by atoms with E-state index in [1.54, 1.807) is 24.3 Å². The van der Waals surface area contributed by atoms with Gasteiger partial charge in [0.15, 0.2) is 5.78 Å². The van der Waals surface area contributed by atoms with Gasteiger partial charge in [0, 0.05) is 33.7 Å². The molecule has 0 aliphatic carbocycles. The molecule has 0 radical (unpaired) electrons. The Labute approximate surface area is 128 Å². The summed E-state index contributed by atoms with van der Waals surface area (Å²) in [6.07, 6.45) is -0.551. The van der Waals surface area contributed by atoms with Gasteiger partial charge in [-0.3, -0.25) is 4.79 Å². The highest BCUT2D eigenvalue weighted by Gasteiger charge is 2.16. The van der Waals surface area contributed by atoms with Crippen molar-refractivity contribution in [1.82, 2.24) is 0 Å². The molecule has 0 spiro atoms. The summed E-state index contributed by atoms with van der Waals surface area (Å²) < 4.78 is 14.4. The summed E-state index contributed by atoms with van der Waals surface area (Å²) in [6.45, 7) is 0. The average Bonchev–Trinajstić information content (AvgIpc) is 2.42. The summed E-state index contributed by atoms with van der Waals surface area (Å²) in [5, 5.41) is 10.6. The Morgan fingerprint density at radius 3 is 2.38 bits per heavy atom. The van der Waals surface area contributed by atoms with Crippen LogP contribution in [0.4, 0.5) is 10.1 Å². The van der Waals surface area contributed by atoms with Crippen LogP contribution >= 0.6 is 15.9 Å². The zero-order valence-corrected chi connectivity index (χ0v) is 12.3. The highest BCUT2D eigenvalue weighted by Crippen LogP contribution is 2.24. The summed E-state index contributed by atoms with van der Waals surface area (Å²) in [4.78, 5) is 23.0. The van der Waals surface area contributed by atoms with Crippen molar-refractivity contribution in [1.29, 1.82) is 0 Å². The molecule has 0 saturated heterocycles. The number of ketones is 1. The van der Waals surface area contributed by atoms with Crippen molar-refractivity contribution in [3.63, 3.8) is 0 Å². The lowest BCUT2D eigenvalue weighted by Crippen LogP contribution is -2.25. The van der Waals surface area contributed by atoms with Gasteiger partial charge in [0.2, 0.25) is 0 Å². The van der Waals surface area contributed by atoms with Crippen LogP contribution in [0.2, 0.25) is 0 Å². The summed E-state index contributed by atoms with van der Waals surface area (Å²) in [5.74, 6) is -2.59. The van der Waals surface area contributed by atoms with Crippen LogP contribution in [0.5, 0.6) is 0 Å². The third-order valence-electron chi connectivity index (χ3n) is 2.92. The second kappa shape index (κ2) is 6.05. The zero-order valence-electron chi connectivity index (χ0n) is 10.7. The summed E-state index contributed by atoms with van der Waals surface area (Å²) in [7, 11) is 0. The lowest BCUT2D eigenvalue weighted by atomic mass is 9.97. The number of carboxylic acids is 1. The molecule has 6 heteroatoms. The van der Waals surface area contributed by atoms with Crippen molar-refractivity contribution in [2.75, 3.05) is 5.73 Å². The van der Waals surface area contributed by atoms with Crippen LogP contribution in [-0.4, -0.2) is 11.8 Å². The SMILES string of the molecule is Nc1c(CC(=O)[O-])cc(F)cc1C(=O)c1ccc(Br)cc1. The van der Waals surface area contributed by atoms with E-state index in [9.17, 15) is 19.1 Å². The second-order valence-corrected chi connectivity index (χ2v) is 5.33. The molecule has 0 atom stereocenters. The third-order valence-corrected chi connectivity index (χ3v) is 3.44. The first-order chi connectivity index (χ1) is 9.88. The maximum Gasteiger partial charge on any atom is 0.195 e. The number of rotatable bonds is 4. The third kappa shape index (κ3) is 3.46. The van der Waals surface area contributed by atoms with E-state index >= 15 is 0 Å². The normalized spacial score (nSPS) is 10.4. The molecule has 0 aromatic heterocycles. The van der Waals surface area contributed by atoms with Gasteiger partial charge in [0.1, 0.15) is 5.82 Å². The number of carboxylic acid groups (broad SMARTS) is 1. The van der Waals surface area contributed by atoms with Gasteiger partial charge in [-0.15, -0.1) is 0 Å². The van der Waals surface area contributed by atoms with E-state index in [1.807, 2.05) is 0 Å². The minimum atomic E-state index is -1.39. The Morgan fingerprint density at radius 2 is 1.81 bits per heavy atom. The van der Waals surface area contributed by atoms with Gasteiger partial charge in [-0.25, -0.2) is 4.39 Å². The van der Waals surface area contributed by atoms with Crippen molar-refractivity contribution in [3.05, 3.63) is 63.4 Å². The highest BCUT2D eigenvalue weighted by atomic mass is 79.9. The van der Waals surface area contributed by atoms with Gasteiger partial charge in [-0.05, 0) is 42.0 Å². The maximum atomic E-state index is 13.6. The van der Waals surface area contributed by atoms with E-state index in [0.29, 0.717) is 5.56 Å². The molecule has 0 amide bonds. The minimum absolute atomic E-state index is 0.0236. The molecular weight excluding hydrogens is 341 g/mol. The largest absolute Gasteiger partial charge is 0.550 e. The average molecular weight is 351 g/mol. The Hall–Kier alpha value is -2.21. The fourth-order valence-electron chi connectivity index (χ4n) is 1.92. The number of carbonyl (C=O) groups excluding carboxylic acids is 2. The number of anilines is 1. The van der Waals surface area contributed by atoms with E-state index < -0.39 is 24.0 Å². The predicted octanol–water partition coefficient (Wildman–Crippen LogP) is 1.69. The standard InChI is InChI=1S/C15H11BrFNO3/c16-10-3-1-8(2-4-10)15(21)12-7-11(17)5-9(14(12)18)6-13(19)20/h1-5,7H,6,18H2,(H,19,20)/p-1. The quantitative estimate of drug-likeness (QED) is 0.671. The summed E-state index contributed by atoms with van der Waals surface area (Å²) >= 11 is 3.25. The molecule has 0 saturated carbocycles. The van der Waals surface area contributed by atoms with Gasteiger partial charge in [-0.2, -0.15) is 0 Å². The van der Waals surface area contributed by atoms with Gasteiger partial charge in [0.25, 0.3) is 0 Å². The van der Waals surface area contributed by atoms with Gasteiger partial charge >= 0.3 is 0 Å². The van der Waals surface area contributed by atoms with Crippen molar-refractivity contribution >= 4 is 33.4 Å². The fraction of sp³-hybridized carbons (Fsp3) is 0.0667. The molecule has 2 rings (SSSR count). The lowest BCUT2D eigenvalue weighted by Gasteiger charge is -2.11. The van der Waals surface area contributed by atoms with Gasteiger partial charge in [-0.1, -0.05) is 15.9 Å². The highest BCUT2D eigenvalue weighted by molar-refractivity contribution is 9.10. The number of hydrogen-bond donors (Lipinski definition) is 1. The van der Waals surface area contributed by atoms with E-state index in [2.05, 4.69) is 15.9 Å². The smallest absolute Gasteiger partial charge is 0.195 e. The topological polar surface area (TPSA) is 83.2 Å². The second-order valence-electron chi connectivity index (χ2n) is 4.41. The number of aliphatic carboxylic acids is 1. The Morgan fingerprint density at radius 1 is 1.19 bits per heavy atom. The van der Waals surface area contributed by atoms with Crippen LogP contribution in [-0.2, 0) is 11.2 Å². The van der Waals surface area contributed by atoms with Crippen molar-refractivity contribution < 1.29 is 19.1 Å². The first kappa shape index (κ1) is 15.2. The van der Waals surface area contributed by atoms with E-state index in [-0.39, 0.29) is 16.8 Å². The minimum Gasteiger partial charge on any atom is -0.550 e. The molecule has 2 N–H and O–H groups in total. The number of nitrogen functional groups attached to an aromatic ring is 1. The number of benzene rings is 2. The van der Waals surface area contributed by atoms with Crippen LogP contribution in [0.25, 0.3) is 0 Å². The summed E-state index contributed by atoms with van der Waals surface area (Å²) in [5.41, 5.74) is 6.02. The van der Waals surface area contributed by atoms with Crippen LogP contribution < -0.4 is 10.8 Å². The van der Waals surface area contributed by atoms with Crippen LogP contribution in [0, 0.1) is 5.82 Å². The summed E-state index contributed by atoms with van der Waals surface area (Å²) in [6, 6.07) is 8.46. The fourth-order valence-corrected chi connectivity index (χ4v) is 2.19.